The fourth-order valence-electron chi connectivity index (χ4n) is 4.52. The molecular weight excluding hydrogens is 572 g/mol. The minimum Gasteiger partial charge on any atom is -0.496 e. The number of halogens is 3. The fraction of sp³-hybridized carbons (Fsp3) is 0.241. The van der Waals surface area contributed by atoms with Crippen LogP contribution in [0.25, 0.3) is 28.1 Å². The number of rotatable bonds is 5. The van der Waals surface area contributed by atoms with Gasteiger partial charge in [0.05, 0.1) is 24.7 Å². The van der Waals surface area contributed by atoms with E-state index in [1.165, 1.54) is 13.2 Å². The summed E-state index contributed by atoms with van der Waals surface area (Å²) >= 11 is 12.7. The Morgan fingerprint density at radius 3 is 2.37 bits per heavy atom. The van der Waals surface area contributed by atoms with E-state index in [1.807, 2.05) is 20.8 Å². The Balaban J connectivity index is 1.81. The minimum absolute atomic E-state index is 0.0353. The standard InChI is InChI=1S/C29H26Cl2FN5O4/c1-29(2,3)36(4)28(39)25-20-13-41-24-11-23(40-5)18(17-10-22(27(33)38)34-12-21(17)32)9-19(24)26(20)37(35-25)16-7-14(30)6-15(31)8-16/h6-12H,13H2,1-5H3,(H2,33,38). The number of hydrogen-bond donors (Lipinski definition) is 1. The molecule has 0 atom stereocenters. The molecule has 2 amide bonds. The molecule has 41 heavy (non-hydrogen) atoms. The van der Waals surface area contributed by atoms with Crippen molar-refractivity contribution in [2.75, 3.05) is 14.2 Å². The zero-order valence-corrected chi connectivity index (χ0v) is 24.4. The van der Waals surface area contributed by atoms with E-state index in [0.717, 1.165) is 6.20 Å². The van der Waals surface area contributed by atoms with Crippen LogP contribution in [0.3, 0.4) is 0 Å². The van der Waals surface area contributed by atoms with Crippen molar-refractivity contribution in [1.29, 1.82) is 0 Å². The van der Waals surface area contributed by atoms with E-state index in [4.69, 9.17) is 43.5 Å². The molecule has 0 saturated heterocycles. The van der Waals surface area contributed by atoms with Crippen molar-refractivity contribution in [1.82, 2.24) is 19.7 Å². The van der Waals surface area contributed by atoms with Crippen LogP contribution in [-0.4, -0.2) is 51.2 Å². The molecule has 0 unspecified atom stereocenters. The van der Waals surface area contributed by atoms with Gasteiger partial charge in [0.2, 0.25) is 0 Å². The highest BCUT2D eigenvalue weighted by Crippen LogP contribution is 2.47. The number of carbonyl (C=O) groups excluding carboxylic acids is 2. The molecule has 0 spiro atoms. The van der Waals surface area contributed by atoms with Crippen LogP contribution in [0.15, 0.2) is 42.6 Å². The molecule has 2 N–H and O–H groups in total. The molecule has 9 nitrogen and oxygen atoms in total. The zero-order valence-electron chi connectivity index (χ0n) is 22.9. The lowest BCUT2D eigenvalue weighted by Crippen LogP contribution is -2.43. The van der Waals surface area contributed by atoms with Crippen LogP contribution < -0.4 is 15.2 Å². The van der Waals surface area contributed by atoms with Crippen LogP contribution in [-0.2, 0) is 6.61 Å². The Bertz CT molecular complexity index is 1710. The van der Waals surface area contributed by atoms with E-state index in [9.17, 15) is 9.59 Å². The summed E-state index contributed by atoms with van der Waals surface area (Å²) in [5, 5.41) is 5.47. The molecule has 12 heteroatoms. The lowest BCUT2D eigenvalue weighted by Gasteiger charge is -2.31. The summed E-state index contributed by atoms with van der Waals surface area (Å²) in [6.07, 6.45) is 0.924. The van der Waals surface area contributed by atoms with Crippen LogP contribution in [0.5, 0.6) is 11.5 Å². The number of hydrogen-bond acceptors (Lipinski definition) is 6. The van der Waals surface area contributed by atoms with Crippen LogP contribution in [0, 0.1) is 5.82 Å². The molecular formula is C29H26Cl2FN5O4. The number of methoxy groups -OCH3 is 1. The van der Waals surface area contributed by atoms with E-state index in [1.54, 1.807) is 47.0 Å². The summed E-state index contributed by atoms with van der Waals surface area (Å²) in [5.41, 5.74) is 7.40. The van der Waals surface area contributed by atoms with Crippen LogP contribution in [0.1, 0.15) is 47.3 Å². The normalized spacial score (nSPS) is 12.3. The van der Waals surface area contributed by atoms with Gasteiger partial charge >= 0.3 is 0 Å². The fourth-order valence-corrected chi connectivity index (χ4v) is 5.04. The second kappa shape index (κ2) is 10.4. The Morgan fingerprint density at radius 1 is 1.07 bits per heavy atom. The molecule has 0 bridgehead atoms. The lowest BCUT2D eigenvalue weighted by molar-refractivity contribution is 0.0646. The second-order valence-corrected chi connectivity index (χ2v) is 11.4. The van der Waals surface area contributed by atoms with Gasteiger partial charge in [-0.05, 0) is 51.1 Å². The molecule has 1 aliphatic rings. The smallest absolute Gasteiger partial charge is 0.274 e. The van der Waals surface area contributed by atoms with Crippen molar-refractivity contribution in [3.05, 3.63) is 75.4 Å². The van der Waals surface area contributed by atoms with Crippen molar-refractivity contribution < 1.29 is 23.5 Å². The van der Waals surface area contributed by atoms with Crippen molar-refractivity contribution >= 4 is 35.0 Å². The lowest BCUT2D eigenvalue weighted by atomic mass is 9.95. The summed E-state index contributed by atoms with van der Waals surface area (Å²) in [7, 11) is 3.14. The average Bonchev–Trinajstić information content (AvgIpc) is 3.31. The van der Waals surface area contributed by atoms with E-state index >= 15 is 4.39 Å². The van der Waals surface area contributed by atoms with E-state index in [-0.39, 0.29) is 35.2 Å². The first-order valence-electron chi connectivity index (χ1n) is 12.5. The van der Waals surface area contributed by atoms with Crippen molar-refractivity contribution in [3.63, 3.8) is 0 Å². The summed E-state index contributed by atoms with van der Waals surface area (Å²) in [5.74, 6) is -1.11. The highest BCUT2D eigenvalue weighted by molar-refractivity contribution is 6.34. The number of aromatic nitrogens is 3. The molecule has 212 valence electrons. The number of fused-ring (bicyclic) bond motifs is 3. The Hall–Kier alpha value is -4.15. The molecule has 1 aliphatic heterocycles. The number of primary amides is 1. The van der Waals surface area contributed by atoms with Gasteiger partial charge in [-0.1, -0.05) is 23.2 Å². The molecule has 4 aromatic rings. The highest BCUT2D eigenvalue weighted by Gasteiger charge is 2.35. The van der Waals surface area contributed by atoms with Crippen molar-refractivity contribution in [2.45, 2.75) is 32.9 Å². The maximum Gasteiger partial charge on any atom is 0.274 e. The number of carbonyl (C=O) groups is 2. The number of nitrogens with two attached hydrogens (primary N) is 1. The van der Waals surface area contributed by atoms with Gasteiger partial charge in [0.1, 0.15) is 29.6 Å². The molecule has 0 radical (unpaired) electrons. The molecule has 2 aromatic carbocycles. The highest BCUT2D eigenvalue weighted by atomic mass is 35.5. The maximum absolute atomic E-state index is 15.1. The van der Waals surface area contributed by atoms with Crippen LogP contribution >= 0.6 is 23.2 Å². The van der Waals surface area contributed by atoms with E-state index < -0.39 is 17.3 Å². The van der Waals surface area contributed by atoms with Gasteiger partial charge in [-0.15, -0.1) is 0 Å². The molecule has 0 aliphatic carbocycles. The van der Waals surface area contributed by atoms with Crippen molar-refractivity contribution in [3.8, 4) is 39.6 Å². The molecule has 5 rings (SSSR count). The first kappa shape index (κ1) is 28.4. The first-order valence-corrected chi connectivity index (χ1v) is 13.2. The van der Waals surface area contributed by atoms with Gasteiger partial charge in [0.25, 0.3) is 11.8 Å². The Labute approximate surface area is 245 Å². The number of nitrogens with zero attached hydrogens (tertiary/aromatic N) is 4. The van der Waals surface area contributed by atoms with Gasteiger partial charge in [0, 0.05) is 51.0 Å². The predicted octanol–water partition coefficient (Wildman–Crippen LogP) is 5.92. The van der Waals surface area contributed by atoms with Gasteiger partial charge in [-0.3, -0.25) is 9.59 Å². The Kier molecular flexibility index (Phi) is 7.17. The maximum atomic E-state index is 15.1. The van der Waals surface area contributed by atoms with Crippen LogP contribution in [0.2, 0.25) is 10.0 Å². The molecule has 2 aromatic heterocycles. The van der Waals surface area contributed by atoms with Gasteiger partial charge in [-0.2, -0.15) is 5.10 Å². The van der Waals surface area contributed by atoms with Crippen molar-refractivity contribution in [2.24, 2.45) is 5.73 Å². The number of benzene rings is 2. The van der Waals surface area contributed by atoms with E-state index in [2.05, 4.69) is 4.98 Å². The Morgan fingerprint density at radius 2 is 1.76 bits per heavy atom. The number of pyridine rings is 1. The van der Waals surface area contributed by atoms with Gasteiger partial charge in [0.15, 0.2) is 5.69 Å². The minimum atomic E-state index is -0.809. The monoisotopic (exact) mass is 597 g/mol. The van der Waals surface area contributed by atoms with E-state index in [0.29, 0.717) is 43.9 Å². The second-order valence-electron chi connectivity index (χ2n) is 10.5. The van der Waals surface area contributed by atoms with Crippen LogP contribution in [0.4, 0.5) is 4.39 Å². The number of ether oxygens (including phenoxy) is 2. The third kappa shape index (κ3) is 5.09. The largest absolute Gasteiger partial charge is 0.496 e. The summed E-state index contributed by atoms with van der Waals surface area (Å²) in [6.45, 7) is 5.78. The third-order valence-corrected chi connectivity index (χ3v) is 7.35. The average molecular weight is 598 g/mol. The summed E-state index contributed by atoms with van der Waals surface area (Å²) in [4.78, 5) is 30.9. The van der Waals surface area contributed by atoms with Gasteiger partial charge < -0.3 is 20.1 Å². The third-order valence-electron chi connectivity index (χ3n) is 6.92. The zero-order chi connectivity index (χ0) is 29.8. The predicted molar refractivity (Wildman–Crippen MR) is 153 cm³/mol. The SMILES string of the molecule is COc1cc2c(cc1-c1cc(C(N)=O)ncc1F)-c1c(c(C(=O)N(C)C(C)(C)C)nn1-c1cc(Cl)cc(Cl)c1)CO2. The topological polar surface area (TPSA) is 113 Å². The van der Waals surface area contributed by atoms with Gasteiger partial charge in [-0.25, -0.2) is 14.1 Å². The molecule has 0 fully saturated rings. The molecule has 0 saturated carbocycles. The quantitative estimate of drug-likeness (QED) is 0.305. The molecule has 3 heterocycles. The first-order chi connectivity index (χ1) is 19.3. The summed E-state index contributed by atoms with van der Waals surface area (Å²) in [6, 6.07) is 9.45. The number of amides is 2. The summed E-state index contributed by atoms with van der Waals surface area (Å²) < 4.78 is 28.3.